The van der Waals surface area contributed by atoms with Crippen molar-refractivity contribution in [3.05, 3.63) is 193 Å². The quantitative estimate of drug-likeness (QED) is 0.183. The maximum absolute atomic E-state index is 5.41. The minimum atomic E-state index is -0.185. The second kappa shape index (κ2) is 12.1. The van der Waals surface area contributed by atoms with E-state index in [1.54, 1.807) is 0 Å². The molecule has 1 heterocycles. The Morgan fingerprint density at radius 2 is 0.709 bits per heavy atom. The molecule has 0 saturated heterocycles. The summed E-state index contributed by atoms with van der Waals surface area (Å²) in [5.74, 6) is 0.720. The highest BCUT2D eigenvalue weighted by atomic mass is 14.9. The van der Waals surface area contributed by atoms with Crippen LogP contribution in [-0.4, -0.2) is 9.97 Å². The summed E-state index contributed by atoms with van der Waals surface area (Å²) in [7, 11) is 0. The summed E-state index contributed by atoms with van der Waals surface area (Å²) in [5.41, 5.74) is 12.8. The van der Waals surface area contributed by atoms with Crippen LogP contribution in [0.2, 0.25) is 0 Å². The number of nitrogens with zero attached hydrogens (tertiary/aromatic N) is 2. The van der Waals surface area contributed by atoms with E-state index in [0.717, 1.165) is 39.3 Å². The molecule has 0 saturated carbocycles. The molecule has 55 heavy (non-hydrogen) atoms. The largest absolute Gasteiger partial charge is 0.228 e. The molecule has 0 unspecified atom stereocenters. The van der Waals surface area contributed by atoms with Gasteiger partial charge in [-0.1, -0.05) is 190 Å². The molecule has 1 aliphatic rings. The second-order valence-corrected chi connectivity index (χ2v) is 15.3. The van der Waals surface area contributed by atoms with Gasteiger partial charge < -0.3 is 0 Å². The standard InChI is InChI=1S/C53H36N2/c1-53(2)50-38-21-8-5-16-35(38)28-29-46(50)45-26-13-25-44(51(45)53)41-30-31-43(40-23-10-9-22-39(40)41)49-32-48(42-24-11-17-33-14-3-6-19-36(33)42)54-52(55-49)47-27-12-18-34-15-4-7-20-37(34)47/h3-32H,1-2H3. The number of aromatic nitrogens is 2. The number of fused-ring (bicyclic) bond motifs is 8. The SMILES string of the molecule is CC1(C)c2c(cccc2-c2ccc(-c3cc(-c4cccc5ccccc45)nc(-c4cccc5ccccc45)n3)c3ccccc23)-c2ccc3ccccc3c21. The van der Waals surface area contributed by atoms with E-state index in [4.69, 9.17) is 9.97 Å². The van der Waals surface area contributed by atoms with E-state index >= 15 is 0 Å². The summed E-state index contributed by atoms with van der Waals surface area (Å²) in [4.78, 5) is 10.7. The van der Waals surface area contributed by atoms with Crippen LogP contribution in [0, 0.1) is 0 Å². The Balaban J connectivity index is 1.14. The third-order valence-electron chi connectivity index (χ3n) is 11.8. The van der Waals surface area contributed by atoms with Gasteiger partial charge in [0.1, 0.15) is 0 Å². The van der Waals surface area contributed by atoms with Gasteiger partial charge in [0, 0.05) is 22.1 Å². The van der Waals surface area contributed by atoms with Crippen molar-refractivity contribution in [2.45, 2.75) is 19.3 Å². The maximum Gasteiger partial charge on any atom is 0.161 e. The number of rotatable bonds is 4. The van der Waals surface area contributed by atoms with Crippen LogP contribution >= 0.6 is 0 Å². The fourth-order valence-electron chi connectivity index (χ4n) is 9.44. The van der Waals surface area contributed by atoms with Crippen molar-refractivity contribution in [2.24, 2.45) is 0 Å². The van der Waals surface area contributed by atoms with E-state index < -0.39 is 0 Å². The van der Waals surface area contributed by atoms with E-state index in [1.165, 1.54) is 71.1 Å². The molecule has 11 rings (SSSR count). The summed E-state index contributed by atoms with van der Waals surface area (Å²) in [6.45, 7) is 4.80. The summed E-state index contributed by atoms with van der Waals surface area (Å²) < 4.78 is 0. The lowest BCUT2D eigenvalue weighted by atomic mass is 9.77. The average Bonchev–Trinajstić information content (AvgIpc) is 3.49. The summed E-state index contributed by atoms with van der Waals surface area (Å²) in [5, 5.41) is 9.67. The Morgan fingerprint density at radius 1 is 0.309 bits per heavy atom. The summed E-state index contributed by atoms with van der Waals surface area (Å²) in [6.07, 6.45) is 0. The van der Waals surface area contributed by atoms with Crippen LogP contribution in [0.3, 0.4) is 0 Å². The van der Waals surface area contributed by atoms with Crippen LogP contribution in [-0.2, 0) is 5.41 Å². The molecule has 9 aromatic carbocycles. The third-order valence-corrected chi connectivity index (χ3v) is 11.8. The Morgan fingerprint density at radius 3 is 1.38 bits per heavy atom. The van der Waals surface area contributed by atoms with Crippen LogP contribution < -0.4 is 0 Å². The van der Waals surface area contributed by atoms with Crippen molar-refractivity contribution in [1.29, 1.82) is 0 Å². The molecular formula is C53H36N2. The Hall–Kier alpha value is -6.90. The van der Waals surface area contributed by atoms with Crippen molar-refractivity contribution in [2.75, 3.05) is 0 Å². The van der Waals surface area contributed by atoms with Crippen LogP contribution in [0.25, 0.3) is 99.2 Å². The first kappa shape index (κ1) is 31.6. The first-order chi connectivity index (χ1) is 27.0. The smallest absolute Gasteiger partial charge is 0.161 e. The Kier molecular flexibility index (Phi) is 6.93. The molecule has 0 aliphatic heterocycles. The Bertz CT molecular complexity index is 3080. The van der Waals surface area contributed by atoms with Gasteiger partial charge in [-0.2, -0.15) is 0 Å². The molecule has 0 amide bonds. The molecule has 0 bridgehead atoms. The van der Waals surface area contributed by atoms with Gasteiger partial charge in [0.2, 0.25) is 0 Å². The number of hydrogen-bond donors (Lipinski definition) is 0. The van der Waals surface area contributed by atoms with Crippen LogP contribution in [0.4, 0.5) is 0 Å². The highest BCUT2D eigenvalue weighted by molar-refractivity contribution is 6.08. The first-order valence-electron chi connectivity index (χ1n) is 19.1. The van der Waals surface area contributed by atoms with E-state index in [9.17, 15) is 0 Å². The van der Waals surface area contributed by atoms with Crippen molar-refractivity contribution in [3.8, 4) is 56.2 Å². The van der Waals surface area contributed by atoms with Gasteiger partial charge in [0.25, 0.3) is 0 Å². The van der Waals surface area contributed by atoms with E-state index in [1.807, 2.05) is 0 Å². The molecule has 1 aliphatic carbocycles. The fraction of sp³-hybridized carbons (Fsp3) is 0.0566. The first-order valence-corrected chi connectivity index (χ1v) is 19.1. The van der Waals surface area contributed by atoms with E-state index in [2.05, 4.69) is 196 Å². The van der Waals surface area contributed by atoms with Gasteiger partial charge in [-0.05, 0) is 82.5 Å². The highest BCUT2D eigenvalue weighted by Crippen LogP contribution is 2.55. The van der Waals surface area contributed by atoms with Crippen LogP contribution in [0.15, 0.2) is 182 Å². The third kappa shape index (κ3) is 4.81. The molecule has 0 N–H and O–H groups in total. The van der Waals surface area contributed by atoms with E-state index in [-0.39, 0.29) is 5.41 Å². The monoisotopic (exact) mass is 700 g/mol. The summed E-state index contributed by atoms with van der Waals surface area (Å²) >= 11 is 0. The normalized spacial score (nSPS) is 13.1. The zero-order valence-electron chi connectivity index (χ0n) is 30.7. The van der Waals surface area contributed by atoms with Gasteiger partial charge in [0.05, 0.1) is 11.4 Å². The fourth-order valence-corrected chi connectivity index (χ4v) is 9.44. The lowest BCUT2D eigenvalue weighted by Crippen LogP contribution is -2.17. The molecule has 0 radical (unpaired) electrons. The van der Waals surface area contributed by atoms with Gasteiger partial charge >= 0.3 is 0 Å². The number of hydrogen-bond acceptors (Lipinski definition) is 2. The molecular weight excluding hydrogens is 665 g/mol. The van der Waals surface area contributed by atoms with Gasteiger partial charge in [-0.3, -0.25) is 0 Å². The van der Waals surface area contributed by atoms with Gasteiger partial charge in [-0.15, -0.1) is 0 Å². The molecule has 2 heteroatoms. The molecule has 1 aromatic heterocycles. The number of benzene rings is 9. The second-order valence-electron chi connectivity index (χ2n) is 15.3. The maximum atomic E-state index is 5.41. The van der Waals surface area contributed by atoms with E-state index in [0.29, 0.717) is 0 Å². The lowest BCUT2D eigenvalue weighted by molar-refractivity contribution is 0.668. The minimum absolute atomic E-state index is 0.185. The molecule has 258 valence electrons. The minimum Gasteiger partial charge on any atom is -0.228 e. The van der Waals surface area contributed by atoms with Gasteiger partial charge in [0.15, 0.2) is 5.82 Å². The average molecular weight is 701 g/mol. The highest BCUT2D eigenvalue weighted by Gasteiger charge is 2.39. The molecule has 0 atom stereocenters. The molecule has 10 aromatic rings. The Labute approximate surface area is 320 Å². The van der Waals surface area contributed by atoms with Crippen molar-refractivity contribution in [3.63, 3.8) is 0 Å². The molecule has 0 spiro atoms. The molecule has 0 fully saturated rings. The van der Waals surface area contributed by atoms with Crippen LogP contribution in [0.1, 0.15) is 25.0 Å². The van der Waals surface area contributed by atoms with Crippen molar-refractivity contribution < 1.29 is 0 Å². The van der Waals surface area contributed by atoms with Gasteiger partial charge in [-0.25, -0.2) is 9.97 Å². The van der Waals surface area contributed by atoms with Crippen molar-refractivity contribution >= 4 is 43.1 Å². The van der Waals surface area contributed by atoms with Crippen LogP contribution in [0.5, 0.6) is 0 Å². The zero-order valence-corrected chi connectivity index (χ0v) is 30.7. The summed E-state index contributed by atoms with van der Waals surface area (Å²) in [6, 6.07) is 65.8. The lowest BCUT2D eigenvalue weighted by Gasteiger charge is -2.26. The predicted octanol–water partition coefficient (Wildman–Crippen LogP) is 14.1. The topological polar surface area (TPSA) is 25.8 Å². The zero-order chi connectivity index (χ0) is 36.7. The van der Waals surface area contributed by atoms with Crippen molar-refractivity contribution in [1.82, 2.24) is 9.97 Å². The molecule has 2 nitrogen and oxygen atoms in total. The predicted molar refractivity (Wildman–Crippen MR) is 231 cm³/mol.